The first kappa shape index (κ1) is 13.1. The summed E-state index contributed by atoms with van der Waals surface area (Å²) in [7, 11) is 0. The second-order valence-corrected chi connectivity index (χ2v) is 5.00. The first-order valence-electron chi connectivity index (χ1n) is 6.84. The third kappa shape index (κ3) is 2.66. The number of anilines is 1. The van der Waals surface area contributed by atoms with Crippen molar-refractivity contribution in [3.8, 4) is 5.69 Å². The van der Waals surface area contributed by atoms with E-state index >= 15 is 0 Å². The van der Waals surface area contributed by atoms with Crippen molar-refractivity contribution >= 4 is 5.69 Å². The number of benzene rings is 1. The molecule has 2 N–H and O–H groups in total. The number of morpholine rings is 1. The molecule has 2 heterocycles. The van der Waals surface area contributed by atoms with Gasteiger partial charge in [-0.3, -0.25) is 4.90 Å². The molecule has 1 aliphatic heterocycles. The van der Waals surface area contributed by atoms with E-state index in [-0.39, 0.29) is 6.04 Å². The lowest BCUT2D eigenvalue weighted by Crippen LogP contribution is -2.38. The first-order valence-corrected chi connectivity index (χ1v) is 6.84. The summed E-state index contributed by atoms with van der Waals surface area (Å²) in [4.78, 5) is 2.36. The minimum Gasteiger partial charge on any atom is -0.399 e. The molecule has 3 rings (SSSR count). The van der Waals surface area contributed by atoms with E-state index < -0.39 is 0 Å². The molecule has 6 heteroatoms. The highest BCUT2D eigenvalue weighted by Crippen LogP contribution is 2.20. The van der Waals surface area contributed by atoms with Crippen LogP contribution < -0.4 is 5.73 Å². The summed E-state index contributed by atoms with van der Waals surface area (Å²) in [6.07, 6.45) is 1.98. The summed E-state index contributed by atoms with van der Waals surface area (Å²) >= 11 is 0. The Balaban J connectivity index is 1.77. The average molecular weight is 273 g/mol. The van der Waals surface area contributed by atoms with E-state index in [0.29, 0.717) is 0 Å². The van der Waals surface area contributed by atoms with Gasteiger partial charge in [0.25, 0.3) is 0 Å². The Kier molecular flexibility index (Phi) is 3.66. The van der Waals surface area contributed by atoms with Gasteiger partial charge in [0, 0.05) is 18.8 Å². The number of aromatic nitrogens is 3. The average Bonchev–Trinajstić information content (AvgIpc) is 2.98. The Morgan fingerprint density at radius 3 is 2.60 bits per heavy atom. The van der Waals surface area contributed by atoms with E-state index in [4.69, 9.17) is 10.5 Å². The summed E-state index contributed by atoms with van der Waals surface area (Å²) in [5, 5.41) is 8.49. The quantitative estimate of drug-likeness (QED) is 0.852. The van der Waals surface area contributed by atoms with E-state index in [1.165, 1.54) is 0 Å². The molecule has 1 aromatic heterocycles. The predicted octanol–water partition coefficient (Wildman–Crippen LogP) is 1.24. The van der Waals surface area contributed by atoms with Crippen LogP contribution in [-0.4, -0.2) is 46.2 Å². The van der Waals surface area contributed by atoms with Crippen LogP contribution in [0.15, 0.2) is 30.5 Å². The summed E-state index contributed by atoms with van der Waals surface area (Å²) in [6.45, 7) is 5.61. The molecule has 1 aliphatic rings. The monoisotopic (exact) mass is 273 g/mol. The van der Waals surface area contributed by atoms with E-state index in [0.717, 1.165) is 43.4 Å². The van der Waals surface area contributed by atoms with Gasteiger partial charge in [0.05, 0.1) is 36.8 Å². The van der Waals surface area contributed by atoms with Gasteiger partial charge in [-0.15, -0.1) is 5.10 Å². The molecule has 0 bridgehead atoms. The van der Waals surface area contributed by atoms with Gasteiger partial charge in [-0.2, -0.15) is 0 Å². The van der Waals surface area contributed by atoms with Gasteiger partial charge in [-0.1, -0.05) is 5.21 Å². The maximum Gasteiger partial charge on any atom is 0.1000 e. The molecule has 1 fully saturated rings. The summed E-state index contributed by atoms with van der Waals surface area (Å²) in [5.74, 6) is 0. The van der Waals surface area contributed by atoms with Crippen molar-refractivity contribution < 1.29 is 4.74 Å². The fraction of sp³-hybridized carbons (Fsp3) is 0.429. The molecular formula is C14H19N5O. The maximum absolute atomic E-state index is 5.69. The lowest BCUT2D eigenvalue weighted by Gasteiger charge is -2.30. The number of hydrogen-bond acceptors (Lipinski definition) is 5. The second-order valence-electron chi connectivity index (χ2n) is 5.00. The van der Waals surface area contributed by atoms with Crippen LogP contribution in [0.4, 0.5) is 5.69 Å². The van der Waals surface area contributed by atoms with Crippen LogP contribution in [0.2, 0.25) is 0 Å². The van der Waals surface area contributed by atoms with E-state index in [2.05, 4.69) is 22.1 Å². The van der Waals surface area contributed by atoms with E-state index in [1.807, 2.05) is 30.5 Å². The van der Waals surface area contributed by atoms with Crippen molar-refractivity contribution in [1.29, 1.82) is 0 Å². The van der Waals surface area contributed by atoms with Gasteiger partial charge in [0.15, 0.2) is 0 Å². The highest BCUT2D eigenvalue weighted by molar-refractivity contribution is 5.44. The molecule has 2 aromatic rings. The lowest BCUT2D eigenvalue weighted by molar-refractivity contribution is 0.0190. The summed E-state index contributed by atoms with van der Waals surface area (Å²) in [6, 6.07) is 7.85. The molecule has 0 spiro atoms. The maximum atomic E-state index is 5.69. The van der Waals surface area contributed by atoms with Crippen LogP contribution in [0.5, 0.6) is 0 Å². The van der Waals surface area contributed by atoms with Crippen molar-refractivity contribution in [3.05, 3.63) is 36.2 Å². The van der Waals surface area contributed by atoms with Gasteiger partial charge in [0.2, 0.25) is 0 Å². The van der Waals surface area contributed by atoms with Gasteiger partial charge < -0.3 is 10.5 Å². The number of hydrogen-bond donors (Lipinski definition) is 1. The Bertz CT molecular complexity index is 559. The molecule has 106 valence electrons. The van der Waals surface area contributed by atoms with Gasteiger partial charge in [0.1, 0.15) is 0 Å². The first-order chi connectivity index (χ1) is 9.74. The lowest BCUT2D eigenvalue weighted by atomic mass is 10.2. The topological polar surface area (TPSA) is 69.2 Å². The van der Waals surface area contributed by atoms with Crippen molar-refractivity contribution in [2.45, 2.75) is 13.0 Å². The molecule has 0 radical (unpaired) electrons. The zero-order chi connectivity index (χ0) is 13.9. The normalized spacial score (nSPS) is 18.1. The molecule has 1 saturated heterocycles. The van der Waals surface area contributed by atoms with Crippen molar-refractivity contribution in [3.63, 3.8) is 0 Å². The molecule has 0 amide bonds. The standard InChI is InChI=1S/C14H19N5O/c1-11(18-6-8-20-9-7-18)14-10-19(17-16-14)13-4-2-12(15)3-5-13/h2-5,10-11H,6-9,15H2,1H3. The van der Waals surface area contributed by atoms with Crippen LogP contribution in [-0.2, 0) is 4.74 Å². The molecule has 20 heavy (non-hydrogen) atoms. The molecule has 0 aliphatic carbocycles. The molecule has 1 atom stereocenters. The van der Waals surface area contributed by atoms with Crippen molar-refractivity contribution in [2.24, 2.45) is 0 Å². The SMILES string of the molecule is CC(c1cn(-c2ccc(N)cc2)nn1)N1CCOCC1. The molecular weight excluding hydrogens is 254 g/mol. The van der Waals surface area contributed by atoms with Crippen LogP contribution in [0.3, 0.4) is 0 Å². The van der Waals surface area contributed by atoms with Crippen LogP contribution >= 0.6 is 0 Å². The fourth-order valence-electron chi connectivity index (χ4n) is 2.37. The molecule has 6 nitrogen and oxygen atoms in total. The second kappa shape index (κ2) is 5.60. The van der Waals surface area contributed by atoms with Crippen LogP contribution in [0.1, 0.15) is 18.7 Å². The number of nitrogens with zero attached hydrogens (tertiary/aromatic N) is 4. The van der Waals surface area contributed by atoms with Gasteiger partial charge in [-0.05, 0) is 31.2 Å². The van der Waals surface area contributed by atoms with Crippen molar-refractivity contribution in [1.82, 2.24) is 19.9 Å². The van der Waals surface area contributed by atoms with E-state index in [1.54, 1.807) is 4.68 Å². The summed E-state index contributed by atoms with van der Waals surface area (Å²) in [5.41, 5.74) is 8.38. The van der Waals surface area contributed by atoms with E-state index in [9.17, 15) is 0 Å². The zero-order valence-corrected chi connectivity index (χ0v) is 11.6. The Morgan fingerprint density at radius 2 is 1.90 bits per heavy atom. The number of nitrogens with two attached hydrogens (primary N) is 1. The van der Waals surface area contributed by atoms with Gasteiger partial charge >= 0.3 is 0 Å². The number of nitrogen functional groups attached to an aromatic ring is 1. The largest absolute Gasteiger partial charge is 0.399 e. The molecule has 1 unspecified atom stereocenters. The van der Waals surface area contributed by atoms with Gasteiger partial charge in [-0.25, -0.2) is 4.68 Å². The third-order valence-electron chi connectivity index (χ3n) is 3.69. The number of rotatable bonds is 3. The van der Waals surface area contributed by atoms with Crippen LogP contribution in [0.25, 0.3) is 5.69 Å². The highest BCUT2D eigenvalue weighted by Gasteiger charge is 2.21. The Labute approximate surface area is 118 Å². The minimum atomic E-state index is 0.251. The summed E-state index contributed by atoms with van der Waals surface area (Å²) < 4.78 is 7.16. The minimum absolute atomic E-state index is 0.251. The van der Waals surface area contributed by atoms with Crippen molar-refractivity contribution in [2.75, 3.05) is 32.0 Å². The molecule has 1 aromatic carbocycles. The zero-order valence-electron chi connectivity index (χ0n) is 11.6. The Morgan fingerprint density at radius 1 is 1.20 bits per heavy atom. The highest BCUT2D eigenvalue weighted by atomic mass is 16.5. The fourth-order valence-corrected chi connectivity index (χ4v) is 2.37. The molecule has 0 saturated carbocycles. The third-order valence-corrected chi connectivity index (χ3v) is 3.69. The predicted molar refractivity (Wildman–Crippen MR) is 76.6 cm³/mol. The number of ether oxygens (including phenoxy) is 1. The Hall–Kier alpha value is -1.92. The van der Waals surface area contributed by atoms with Crippen LogP contribution in [0, 0.1) is 0 Å². The smallest absolute Gasteiger partial charge is 0.1000 e.